The number of carbonyl (C=O) groups is 1. The van der Waals surface area contributed by atoms with E-state index in [-0.39, 0.29) is 5.91 Å². The lowest BCUT2D eigenvalue weighted by atomic mass is 10.0. The SMILES string of the molecule is CCC(Nc1ccc(CN2CCOCC2)cc1)=C1C(=O)Nc2cc(OC)c(OC)cc21. The quantitative estimate of drug-likeness (QED) is 0.662. The van der Waals surface area contributed by atoms with E-state index < -0.39 is 0 Å². The predicted octanol–water partition coefficient (Wildman–Crippen LogP) is 3.72. The maximum Gasteiger partial charge on any atom is 0.258 e. The number of allylic oxidation sites excluding steroid dienone is 1. The minimum atomic E-state index is -0.126. The molecule has 0 bridgehead atoms. The third kappa shape index (κ3) is 4.52. The number of fused-ring (bicyclic) bond motifs is 1. The van der Waals surface area contributed by atoms with Crippen LogP contribution in [0.2, 0.25) is 0 Å². The van der Waals surface area contributed by atoms with E-state index in [1.807, 2.05) is 13.0 Å². The summed E-state index contributed by atoms with van der Waals surface area (Å²) < 4.78 is 16.2. The third-order valence-corrected chi connectivity index (χ3v) is 5.68. The van der Waals surface area contributed by atoms with Gasteiger partial charge in [0.1, 0.15) is 0 Å². The Hall–Kier alpha value is -3.03. The number of nitrogens with zero attached hydrogens (tertiary/aromatic N) is 1. The number of morpholine rings is 1. The Kier molecular flexibility index (Phi) is 6.44. The van der Waals surface area contributed by atoms with Crippen molar-refractivity contribution in [1.82, 2.24) is 4.90 Å². The lowest BCUT2D eigenvalue weighted by Crippen LogP contribution is -2.35. The second-order valence-corrected chi connectivity index (χ2v) is 7.62. The lowest BCUT2D eigenvalue weighted by molar-refractivity contribution is -0.110. The average Bonchev–Trinajstić information content (AvgIpc) is 3.12. The first-order chi connectivity index (χ1) is 15.1. The summed E-state index contributed by atoms with van der Waals surface area (Å²) in [6.07, 6.45) is 0.687. The van der Waals surface area contributed by atoms with Crippen molar-refractivity contribution < 1.29 is 19.0 Å². The van der Waals surface area contributed by atoms with Gasteiger partial charge in [0.25, 0.3) is 5.91 Å². The Morgan fingerprint density at radius 1 is 1.10 bits per heavy atom. The van der Waals surface area contributed by atoms with Crippen LogP contribution in [-0.4, -0.2) is 51.3 Å². The molecule has 2 aromatic carbocycles. The van der Waals surface area contributed by atoms with Crippen LogP contribution in [0.25, 0.3) is 5.57 Å². The summed E-state index contributed by atoms with van der Waals surface area (Å²) in [6.45, 7) is 6.49. The van der Waals surface area contributed by atoms with Crippen LogP contribution >= 0.6 is 0 Å². The van der Waals surface area contributed by atoms with Crippen molar-refractivity contribution in [2.75, 3.05) is 51.2 Å². The minimum Gasteiger partial charge on any atom is -0.493 e. The van der Waals surface area contributed by atoms with Gasteiger partial charge in [-0.15, -0.1) is 0 Å². The van der Waals surface area contributed by atoms with Crippen molar-refractivity contribution in [3.8, 4) is 11.5 Å². The van der Waals surface area contributed by atoms with Crippen molar-refractivity contribution in [3.63, 3.8) is 0 Å². The monoisotopic (exact) mass is 423 g/mol. The second-order valence-electron chi connectivity index (χ2n) is 7.62. The van der Waals surface area contributed by atoms with Gasteiger partial charge < -0.3 is 24.8 Å². The van der Waals surface area contributed by atoms with E-state index in [9.17, 15) is 4.79 Å². The third-order valence-electron chi connectivity index (χ3n) is 5.68. The van der Waals surface area contributed by atoms with Crippen LogP contribution in [0.4, 0.5) is 11.4 Å². The van der Waals surface area contributed by atoms with Crippen molar-refractivity contribution in [2.24, 2.45) is 0 Å². The molecule has 2 aliphatic heterocycles. The van der Waals surface area contributed by atoms with Gasteiger partial charge in [0.05, 0.1) is 38.7 Å². The van der Waals surface area contributed by atoms with E-state index in [1.165, 1.54) is 5.56 Å². The zero-order valence-corrected chi connectivity index (χ0v) is 18.3. The molecule has 0 unspecified atom stereocenters. The number of methoxy groups -OCH3 is 2. The summed E-state index contributed by atoms with van der Waals surface area (Å²) in [5.41, 5.74) is 5.26. The molecule has 1 saturated heterocycles. The molecule has 0 saturated carbocycles. The Morgan fingerprint density at radius 3 is 2.42 bits per heavy atom. The standard InChI is InChI=1S/C24H29N3O4/c1-4-19(23-18-13-21(29-2)22(30-3)14-20(18)26-24(23)28)25-17-7-5-16(6-8-17)15-27-9-11-31-12-10-27/h5-8,13-14,25H,4,9-12,15H2,1-3H3,(H,26,28). The minimum absolute atomic E-state index is 0.126. The molecule has 2 aromatic rings. The fraction of sp³-hybridized carbons (Fsp3) is 0.375. The summed E-state index contributed by atoms with van der Waals surface area (Å²) in [6, 6.07) is 12.0. The number of rotatable bonds is 7. The number of ether oxygens (including phenoxy) is 3. The van der Waals surface area contributed by atoms with Gasteiger partial charge in [-0.25, -0.2) is 0 Å². The van der Waals surface area contributed by atoms with Gasteiger partial charge in [-0.1, -0.05) is 19.1 Å². The Balaban J connectivity index is 1.57. The van der Waals surface area contributed by atoms with E-state index in [0.29, 0.717) is 23.5 Å². The lowest BCUT2D eigenvalue weighted by Gasteiger charge is -2.26. The molecule has 1 amide bonds. The number of hydrogen-bond donors (Lipinski definition) is 2. The molecule has 0 radical (unpaired) electrons. The van der Waals surface area contributed by atoms with Crippen molar-refractivity contribution >= 4 is 22.9 Å². The highest BCUT2D eigenvalue weighted by molar-refractivity contribution is 6.32. The molecule has 2 aliphatic rings. The first-order valence-electron chi connectivity index (χ1n) is 10.6. The molecule has 4 rings (SSSR count). The van der Waals surface area contributed by atoms with E-state index in [4.69, 9.17) is 14.2 Å². The van der Waals surface area contributed by atoms with Crippen LogP contribution in [0.1, 0.15) is 24.5 Å². The van der Waals surface area contributed by atoms with E-state index in [2.05, 4.69) is 39.8 Å². The summed E-state index contributed by atoms with van der Waals surface area (Å²) in [7, 11) is 3.18. The largest absolute Gasteiger partial charge is 0.493 e. The summed E-state index contributed by atoms with van der Waals surface area (Å²) in [5, 5.41) is 6.39. The van der Waals surface area contributed by atoms with Crippen LogP contribution in [0, 0.1) is 0 Å². The summed E-state index contributed by atoms with van der Waals surface area (Å²) in [5.74, 6) is 1.06. The molecule has 164 valence electrons. The maximum atomic E-state index is 12.8. The Bertz CT molecular complexity index is 979. The van der Waals surface area contributed by atoms with Gasteiger partial charge in [-0.05, 0) is 30.2 Å². The number of nitrogens with one attached hydrogen (secondary N) is 2. The number of carbonyl (C=O) groups excluding carboxylic acids is 1. The van der Waals surface area contributed by atoms with Crippen LogP contribution < -0.4 is 20.1 Å². The van der Waals surface area contributed by atoms with Gasteiger partial charge in [0.15, 0.2) is 11.5 Å². The average molecular weight is 424 g/mol. The van der Waals surface area contributed by atoms with Gasteiger partial charge in [0, 0.05) is 42.6 Å². The molecular formula is C24H29N3O4. The van der Waals surface area contributed by atoms with Crippen LogP contribution in [0.5, 0.6) is 11.5 Å². The molecule has 0 aliphatic carbocycles. The molecule has 0 spiro atoms. The molecule has 7 nitrogen and oxygen atoms in total. The summed E-state index contributed by atoms with van der Waals surface area (Å²) in [4.78, 5) is 15.2. The number of amides is 1. The zero-order valence-electron chi connectivity index (χ0n) is 18.3. The Morgan fingerprint density at radius 2 is 1.77 bits per heavy atom. The predicted molar refractivity (Wildman–Crippen MR) is 122 cm³/mol. The van der Waals surface area contributed by atoms with Crippen molar-refractivity contribution in [1.29, 1.82) is 0 Å². The van der Waals surface area contributed by atoms with E-state index >= 15 is 0 Å². The molecule has 7 heteroatoms. The Labute approximate surface area is 183 Å². The number of hydrogen-bond acceptors (Lipinski definition) is 6. The summed E-state index contributed by atoms with van der Waals surface area (Å²) >= 11 is 0. The zero-order chi connectivity index (χ0) is 21.8. The smallest absolute Gasteiger partial charge is 0.258 e. The maximum absolute atomic E-state index is 12.8. The normalized spacial score (nSPS) is 17.7. The highest BCUT2D eigenvalue weighted by Gasteiger charge is 2.29. The fourth-order valence-corrected chi connectivity index (χ4v) is 4.01. The van der Waals surface area contributed by atoms with Gasteiger partial charge in [0.2, 0.25) is 0 Å². The van der Waals surface area contributed by atoms with Crippen LogP contribution in [0.15, 0.2) is 42.1 Å². The van der Waals surface area contributed by atoms with Crippen molar-refractivity contribution in [3.05, 3.63) is 53.2 Å². The molecular weight excluding hydrogens is 394 g/mol. The number of anilines is 2. The molecule has 1 fully saturated rings. The first-order valence-corrected chi connectivity index (χ1v) is 10.6. The number of benzene rings is 2. The molecule has 2 heterocycles. The van der Waals surface area contributed by atoms with Gasteiger partial charge in [-0.3, -0.25) is 9.69 Å². The second kappa shape index (κ2) is 9.41. The molecule has 31 heavy (non-hydrogen) atoms. The van der Waals surface area contributed by atoms with Gasteiger partial charge in [-0.2, -0.15) is 0 Å². The highest BCUT2D eigenvalue weighted by Crippen LogP contribution is 2.42. The topological polar surface area (TPSA) is 72.1 Å². The highest BCUT2D eigenvalue weighted by atomic mass is 16.5. The first kappa shape index (κ1) is 21.2. The molecule has 2 N–H and O–H groups in total. The van der Waals surface area contributed by atoms with Crippen molar-refractivity contribution in [2.45, 2.75) is 19.9 Å². The van der Waals surface area contributed by atoms with Crippen LogP contribution in [0.3, 0.4) is 0 Å². The van der Waals surface area contributed by atoms with E-state index in [1.54, 1.807) is 20.3 Å². The molecule has 0 atom stereocenters. The van der Waals surface area contributed by atoms with E-state index in [0.717, 1.165) is 55.5 Å². The molecule has 0 aromatic heterocycles. The van der Waals surface area contributed by atoms with Crippen LogP contribution in [-0.2, 0) is 16.1 Å². The fourth-order valence-electron chi connectivity index (χ4n) is 4.01. The van der Waals surface area contributed by atoms with Gasteiger partial charge >= 0.3 is 0 Å².